The second-order valence-electron chi connectivity index (χ2n) is 4.38. The van der Waals surface area contributed by atoms with E-state index in [9.17, 15) is 9.59 Å². The van der Waals surface area contributed by atoms with Gasteiger partial charge in [-0.1, -0.05) is 6.07 Å². The molecule has 0 atom stereocenters. The van der Waals surface area contributed by atoms with E-state index in [-0.39, 0.29) is 24.6 Å². The molecule has 5 nitrogen and oxygen atoms in total. The summed E-state index contributed by atoms with van der Waals surface area (Å²) >= 11 is 0. The Bertz CT molecular complexity index is 406. The second-order valence-corrected chi connectivity index (χ2v) is 4.38. The SMILES string of the molecule is CCOC(=O)CCC(=O)CN(C)Cc1cccnc1. The summed E-state index contributed by atoms with van der Waals surface area (Å²) in [4.78, 5) is 28.7. The molecule has 5 heteroatoms. The van der Waals surface area contributed by atoms with Gasteiger partial charge in [-0.2, -0.15) is 0 Å². The normalized spacial score (nSPS) is 10.5. The molecule has 1 aromatic rings. The van der Waals surface area contributed by atoms with Crippen LogP contribution < -0.4 is 0 Å². The number of hydrogen-bond donors (Lipinski definition) is 0. The van der Waals surface area contributed by atoms with Gasteiger partial charge in [0.05, 0.1) is 19.6 Å². The summed E-state index contributed by atoms with van der Waals surface area (Å²) in [6.07, 6.45) is 3.89. The molecule has 0 aliphatic rings. The Balaban J connectivity index is 2.26. The van der Waals surface area contributed by atoms with Crippen molar-refractivity contribution >= 4 is 11.8 Å². The molecule has 1 aromatic heterocycles. The quantitative estimate of drug-likeness (QED) is 0.665. The highest BCUT2D eigenvalue weighted by atomic mass is 16.5. The van der Waals surface area contributed by atoms with Crippen LogP contribution in [0.3, 0.4) is 0 Å². The van der Waals surface area contributed by atoms with Gasteiger partial charge in [0, 0.05) is 25.4 Å². The summed E-state index contributed by atoms with van der Waals surface area (Å²) in [5.41, 5.74) is 1.06. The zero-order valence-corrected chi connectivity index (χ0v) is 11.5. The monoisotopic (exact) mass is 264 g/mol. The number of rotatable bonds is 8. The van der Waals surface area contributed by atoms with E-state index in [1.807, 2.05) is 24.1 Å². The molecular formula is C14H20N2O3. The third kappa shape index (κ3) is 6.67. The molecule has 0 saturated carbocycles. The molecule has 1 heterocycles. The van der Waals surface area contributed by atoms with Gasteiger partial charge in [0.2, 0.25) is 0 Å². The van der Waals surface area contributed by atoms with Crippen LogP contribution in [0.15, 0.2) is 24.5 Å². The van der Waals surface area contributed by atoms with E-state index in [1.165, 1.54) is 0 Å². The highest BCUT2D eigenvalue weighted by molar-refractivity contribution is 5.84. The topological polar surface area (TPSA) is 59.5 Å². The summed E-state index contributed by atoms with van der Waals surface area (Å²) in [7, 11) is 1.87. The Morgan fingerprint density at radius 1 is 1.37 bits per heavy atom. The van der Waals surface area contributed by atoms with Gasteiger partial charge >= 0.3 is 5.97 Å². The van der Waals surface area contributed by atoms with E-state index >= 15 is 0 Å². The van der Waals surface area contributed by atoms with Gasteiger partial charge in [-0.05, 0) is 25.6 Å². The minimum atomic E-state index is -0.314. The Kier molecular flexibility index (Phi) is 6.74. The third-order valence-electron chi connectivity index (χ3n) is 2.53. The molecule has 0 spiro atoms. The van der Waals surface area contributed by atoms with Gasteiger partial charge in [-0.25, -0.2) is 0 Å². The summed E-state index contributed by atoms with van der Waals surface area (Å²) in [6, 6.07) is 3.83. The van der Waals surface area contributed by atoms with Gasteiger partial charge in [-0.3, -0.25) is 19.5 Å². The molecule has 104 valence electrons. The number of aromatic nitrogens is 1. The molecule has 0 N–H and O–H groups in total. The maximum Gasteiger partial charge on any atom is 0.306 e. The van der Waals surface area contributed by atoms with Crippen LogP contribution in [-0.2, 0) is 20.9 Å². The number of ketones is 1. The van der Waals surface area contributed by atoms with Crippen LogP contribution in [0, 0.1) is 0 Å². The zero-order valence-electron chi connectivity index (χ0n) is 11.5. The largest absolute Gasteiger partial charge is 0.466 e. The molecule has 0 saturated heterocycles. The van der Waals surface area contributed by atoms with E-state index in [0.717, 1.165) is 5.56 Å². The standard InChI is InChI=1S/C14H20N2O3/c1-3-19-14(18)7-6-13(17)11-16(2)10-12-5-4-8-15-9-12/h4-5,8-9H,3,6-7,10-11H2,1-2H3. The van der Waals surface area contributed by atoms with Gasteiger partial charge in [-0.15, -0.1) is 0 Å². The summed E-state index contributed by atoms with van der Waals surface area (Å²) in [5, 5.41) is 0. The third-order valence-corrected chi connectivity index (χ3v) is 2.53. The number of hydrogen-bond acceptors (Lipinski definition) is 5. The Morgan fingerprint density at radius 3 is 2.79 bits per heavy atom. The maximum absolute atomic E-state index is 11.7. The molecule has 0 amide bonds. The van der Waals surface area contributed by atoms with Crippen molar-refractivity contribution in [3.63, 3.8) is 0 Å². The van der Waals surface area contributed by atoms with Gasteiger partial charge in [0.25, 0.3) is 0 Å². The molecule has 0 unspecified atom stereocenters. The first-order valence-electron chi connectivity index (χ1n) is 6.36. The van der Waals surface area contributed by atoms with Crippen molar-refractivity contribution in [2.45, 2.75) is 26.3 Å². The number of carbonyl (C=O) groups excluding carboxylic acids is 2. The fourth-order valence-corrected chi connectivity index (χ4v) is 1.71. The number of nitrogens with zero attached hydrogens (tertiary/aromatic N) is 2. The average molecular weight is 264 g/mol. The van der Waals surface area contributed by atoms with Crippen LogP contribution in [0.5, 0.6) is 0 Å². The lowest BCUT2D eigenvalue weighted by molar-refractivity contribution is -0.144. The molecule has 0 radical (unpaired) electrons. The molecule has 19 heavy (non-hydrogen) atoms. The first-order chi connectivity index (χ1) is 9.11. The highest BCUT2D eigenvalue weighted by Gasteiger charge is 2.10. The van der Waals surface area contributed by atoms with Crippen molar-refractivity contribution in [1.29, 1.82) is 0 Å². The van der Waals surface area contributed by atoms with Crippen molar-refractivity contribution in [3.8, 4) is 0 Å². The lowest BCUT2D eigenvalue weighted by atomic mass is 10.2. The predicted octanol–water partition coefficient (Wildman–Crippen LogP) is 1.43. The van der Waals surface area contributed by atoms with Crippen LogP contribution in [0.2, 0.25) is 0 Å². The Labute approximate surface area is 113 Å². The number of esters is 1. The van der Waals surface area contributed by atoms with Crippen molar-refractivity contribution < 1.29 is 14.3 Å². The zero-order chi connectivity index (χ0) is 14.1. The molecule has 1 rings (SSSR count). The van der Waals surface area contributed by atoms with Crippen LogP contribution in [0.4, 0.5) is 0 Å². The summed E-state index contributed by atoms with van der Waals surface area (Å²) in [5.74, 6) is -0.273. The van der Waals surface area contributed by atoms with E-state index in [2.05, 4.69) is 4.98 Å². The molecule has 0 aromatic carbocycles. The number of pyridine rings is 1. The second kappa shape index (κ2) is 8.37. The number of carbonyl (C=O) groups is 2. The van der Waals surface area contributed by atoms with Crippen molar-refractivity contribution in [3.05, 3.63) is 30.1 Å². The molecule has 0 bridgehead atoms. The molecule has 0 aliphatic heterocycles. The van der Waals surface area contributed by atoms with Crippen LogP contribution in [-0.4, -0.2) is 41.8 Å². The van der Waals surface area contributed by atoms with E-state index in [0.29, 0.717) is 19.7 Å². The van der Waals surface area contributed by atoms with Crippen molar-refractivity contribution in [2.24, 2.45) is 0 Å². The van der Waals surface area contributed by atoms with Crippen molar-refractivity contribution in [1.82, 2.24) is 9.88 Å². The van der Waals surface area contributed by atoms with Crippen molar-refractivity contribution in [2.75, 3.05) is 20.2 Å². The fourth-order valence-electron chi connectivity index (χ4n) is 1.71. The lowest BCUT2D eigenvalue weighted by Crippen LogP contribution is -2.26. The summed E-state index contributed by atoms with van der Waals surface area (Å²) < 4.78 is 4.78. The van der Waals surface area contributed by atoms with Crippen LogP contribution in [0.1, 0.15) is 25.3 Å². The fraction of sp³-hybridized carbons (Fsp3) is 0.500. The maximum atomic E-state index is 11.7. The Hall–Kier alpha value is -1.75. The van der Waals surface area contributed by atoms with E-state index < -0.39 is 0 Å². The highest BCUT2D eigenvalue weighted by Crippen LogP contribution is 2.02. The molecule has 0 aliphatic carbocycles. The van der Waals surface area contributed by atoms with E-state index in [1.54, 1.807) is 19.3 Å². The first kappa shape index (κ1) is 15.3. The van der Waals surface area contributed by atoms with E-state index in [4.69, 9.17) is 4.74 Å². The molecular weight excluding hydrogens is 244 g/mol. The minimum absolute atomic E-state index is 0.0412. The summed E-state index contributed by atoms with van der Waals surface area (Å²) in [6.45, 7) is 3.10. The van der Waals surface area contributed by atoms with Gasteiger partial charge in [0.1, 0.15) is 5.78 Å². The number of likely N-dealkylation sites (N-methyl/N-ethyl adjacent to an activating group) is 1. The number of Topliss-reactive ketones (excluding diaryl/α,β-unsaturated/α-hetero) is 1. The van der Waals surface area contributed by atoms with Crippen LogP contribution >= 0.6 is 0 Å². The predicted molar refractivity (Wildman–Crippen MR) is 71.4 cm³/mol. The molecule has 0 fully saturated rings. The number of ether oxygens (including phenoxy) is 1. The lowest BCUT2D eigenvalue weighted by Gasteiger charge is -2.15. The Morgan fingerprint density at radius 2 is 2.16 bits per heavy atom. The van der Waals surface area contributed by atoms with Gasteiger partial charge < -0.3 is 4.74 Å². The average Bonchev–Trinajstić information content (AvgIpc) is 2.38. The minimum Gasteiger partial charge on any atom is -0.466 e. The van der Waals surface area contributed by atoms with Crippen LogP contribution in [0.25, 0.3) is 0 Å². The first-order valence-corrected chi connectivity index (χ1v) is 6.36. The smallest absolute Gasteiger partial charge is 0.306 e. The van der Waals surface area contributed by atoms with Gasteiger partial charge in [0.15, 0.2) is 0 Å².